The van der Waals surface area contributed by atoms with E-state index in [9.17, 15) is 8.42 Å². The van der Waals surface area contributed by atoms with E-state index in [1.165, 1.54) is 6.07 Å². The zero-order valence-electron chi connectivity index (χ0n) is 10.7. The van der Waals surface area contributed by atoms with Crippen molar-refractivity contribution >= 4 is 15.7 Å². The summed E-state index contributed by atoms with van der Waals surface area (Å²) in [4.78, 5) is 0.213. The molecule has 5 nitrogen and oxygen atoms in total. The molecule has 1 aromatic carbocycles. The Morgan fingerprint density at radius 3 is 2.67 bits per heavy atom. The predicted octanol–water partition coefficient (Wildman–Crippen LogP) is 0.874. The van der Waals surface area contributed by atoms with Gasteiger partial charge in [0.05, 0.1) is 4.90 Å². The second-order valence-electron chi connectivity index (χ2n) is 4.49. The minimum Gasteiger partial charge on any atom is -0.399 e. The minimum absolute atomic E-state index is 0.0594. The van der Waals surface area contributed by atoms with Gasteiger partial charge < -0.3 is 10.8 Å². The van der Waals surface area contributed by atoms with Crippen LogP contribution < -0.4 is 10.5 Å². The molecule has 0 aromatic heterocycles. The van der Waals surface area contributed by atoms with Crippen LogP contribution in [-0.4, -0.2) is 26.7 Å². The highest BCUT2D eigenvalue weighted by atomic mass is 32.2. The molecule has 4 N–H and O–H groups in total. The van der Waals surface area contributed by atoms with Crippen molar-refractivity contribution in [2.45, 2.75) is 25.2 Å². The standard InChI is InChI=1S/C12H20N2O3S/c1-9(5-6-15)8-14-18(16,17)11-3-4-12(13)10(2)7-11/h3-4,7,9,14-15H,5-6,8,13H2,1-2H3. The van der Waals surface area contributed by atoms with E-state index in [2.05, 4.69) is 4.72 Å². The zero-order valence-corrected chi connectivity index (χ0v) is 11.5. The Hall–Kier alpha value is -1.11. The molecule has 0 saturated carbocycles. The number of aliphatic hydroxyl groups is 1. The number of rotatable bonds is 6. The van der Waals surface area contributed by atoms with Gasteiger partial charge in [-0.05, 0) is 43.0 Å². The van der Waals surface area contributed by atoms with E-state index in [1.54, 1.807) is 19.1 Å². The van der Waals surface area contributed by atoms with Gasteiger partial charge in [-0.1, -0.05) is 6.92 Å². The number of sulfonamides is 1. The van der Waals surface area contributed by atoms with E-state index in [0.29, 0.717) is 18.7 Å². The lowest BCUT2D eigenvalue weighted by molar-refractivity contribution is 0.263. The van der Waals surface area contributed by atoms with Gasteiger partial charge in [0.15, 0.2) is 0 Å². The molecule has 0 spiro atoms. The van der Waals surface area contributed by atoms with Gasteiger partial charge in [-0.15, -0.1) is 0 Å². The van der Waals surface area contributed by atoms with E-state index in [1.807, 2.05) is 6.92 Å². The first-order valence-corrected chi connectivity index (χ1v) is 7.32. The number of hydrogen-bond donors (Lipinski definition) is 3. The monoisotopic (exact) mass is 272 g/mol. The first kappa shape index (κ1) is 14.9. The van der Waals surface area contributed by atoms with Crippen molar-refractivity contribution < 1.29 is 13.5 Å². The fourth-order valence-corrected chi connectivity index (χ4v) is 2.72. The maximum Gasteiger partial charge on any atom is 0.240 e. The van der Waals surface area contributed by atoms with Crippen LogP contribution in [0, 0.1) is 12.8 Å². The average molecular weight is 272 g/mol. The second kappa shape index (κ2) is 6.17. The molecule has 1 rings (SSSR count). The van der Waals surface area contributed by atoms with Gasteiger partial charge in [-0.3, -0.25) is 0 Å². The predicted molar refractivity (Wildman–Crippen MR) is 71.6 cm³/mol. The van der Waals surface area contributed by atoms with Crippen molar-refractivity contribution in [1.82, 2.24) is 4.72 Å². The number of nitrogens with one attached hydrogen (secondary N) is 1. The van der Waals surface area contributed by atoms with Gasteiger partial charge in [0.1, 0.15) is 0 Å². The summed E-state index contributed by atoms with van der Waals surface area (Å²) in [5.41, 5.74) is 6.96. The molecule has 1 aromatic rings. The summed E-state index contributed by atoms with van der Waals surface area (Å²) in [7, 11) is -3.50. The van der Waals surface area contributed by atoms with Crippen molar-refractivity contribution in [2.75, 3.05) is 18.9 Å². The summed E-state index contributed by atoms with van der Waals surface area (Å²) in [6.45, 7) is 4.02. The van der Waals surface area contributed by atoms with Crippen molar-refractivity contribution in [3.05, 3.63) is 23.8 Å². The lowest BCUT2D eigenvalue weighted by Gasteiger charge is -2.12. The maximum atomic E-state index is 12.0. The van der Waals surface area contributed by atoms with Crippen LogP contribution >= 0.6 is 0 Å². The van der Waals surface area contributed by atoms with Crippen LogP contribution in [0.25, 0.3) is 0 Å². The van der Waals surface area contributed by atoms with Gasteiger partial charge in [-0.25, -0.2) is 13.1 Å². The summed E-state index contributed by atoms with van der Waals surface area (Å²) in [5, 5.41) is 8.76. The quantitative estimate of drug-likeness (QED) is 0.670. The highest BCUT2D eigenvalue weighted by molar-refractivity contribution is 7.89. The molecule has 0 bridgehead atoms. The highest BCUT2D eigenvalue weighted by Gasteiger charge is 2.15. The number of anilines is 1. The Bertz CT molecular complexity index is 500. The number of benzene rings is 1. The van der Waals surface area contributed by atoms with E-state index < -0.39 is 10.0 Å². The molecule has 102 valence electrons. The molecule has 0 amide bonds. The number of hydrogen-bond acceptors (Lipinski definition) is 4. The molecule has 1 atom stereocenters. The summed E-state index contributed by atoms with van der Waals surface area (Å²) in [5.74, 6) is 0.0969. The fraction of sp³-hybridized carbons (Fsp3) is 0.500. The Morgan fingerprint density at radius 2 is 2.11 bits per heavy atom. The van der Waals surface area contributed by atoms with Crippen LogP contribution in [0.15, 0.2) is 23.1 Å². The topological polar surface area (TPSA) is 92.4 Å². The van der Waals surface area contributed by atoms with Gasteiger partial charge in [0, 0.05) is 18.8 Å². The Kier molecular flexibility index (Phi) is 5.13. The SMILES string of the molecule is Cc1cc(S(=O)(=O)NCC(C)CCO)ccc1N. The normalized spacial score (nSPS) is 13.5. The van der Waals surface area contributed by atoms with Crippen LogP contribution in [0.3, 0.4) is 0 Å². The first-order chi connectivity index (χ1) is 8.36. The van der Waals surface area contributed by atoms with Crippen LogP contribution in [0.1, 0.15) is 18.9 Å². The fourth-order valence-electron chi connectivity index (χ4n) is 1.47. The lowest BCUT2D eigenvalue weighted by atomic mass is 10.1. The largest absolute Gasteiger partial charge is 0.399 e. The highest BCUT2D eigenvalue weighted by Crippen LogP contribution is 2.16. The van der Waals surface area contributed by atoms with Gasteiger partial charge in [0.25, 0.3) is 0 Å². The zero-order chi connectivity index (χ0) is 13.8. The summed E-state index contributed by atoms with van der Waals surface area (Å²) in [6.07, 6.45) is 0.573. The van der Waals surface area contributed by atoms with E-state index in [4.69, 9.17) is 10.8 Å². The van der Waals surface area contributed by atoms with Crippen LogP contribution in [0.2, 0.25) is 0 Å². The average Bonchev–Trinajstić information content (AvgIpc) is 2.30. The van der Waals surface area contributed by atoms with Crippen LogP contribution in [0.4, 0.5) is 5.69 Å². The van der Waals surface area contributed by atoms with Crippen LogP contribution in [-0.2, 0) is 10.0 Å². The van der Waals surface area contributed by atoms with Gasteiger partial charge in [-0.2, -0.15) is 0 Å². The Morgan fingerprint density at radius 1 is 1.44 bits per heavy atom. The molecule has 6 heteroatoms. The van der Waals surface area contributed by atoms with E-state index >= 15 is 0 Å². The van der Waals surface area contributed by atoms with Crippen molar-refractivity contribution in [1.29, 1.82) is 0 Å². The number of nitrogens with two attached hydrogens (primary N) is 1. The second-order valence-corrected chi connectivity index (χ2v) is 6.25. The molecule has 0 radical (unpaired) electrons. The molecule has 0 aliphatic carbocycles. The molecular formula is C12H20N2O3S. The first-order valence-electron chi connectivity index (χ1n) is 5.83. The maximum absolute atomic E-state index is 12.0. The Labute approximate surface area is 108 Å². The van der Waals surface area contributed by atoms with Gasteiger partial charge >= 0.3 is 0 Å². The summed E-state index contributed by atoms with van der Waals surface area (Å²) in [6, 6.07) is 4.62. The van der Waals surface area contributed by atoms with Crippen molar-refractivity contribution in [3.8, 4) is 0 Å². The molecular weight excluding hydrogens is 252 g/mol. The molecule has 0 heterocycles. The summed E-state index contributed by atoms with van der Waals surface area (Å²) >= 11 is 0. The summed E-state index contributed by atoms with van der Waals surface area (Å²) < 4.78 is 26.5. The third-order valence-corrected chi connectivity index (χ3v) is 4.22. The van der Waals surface area contributed by atoms with Crippen molar-refractivity contribution in [2.24, 2.45) is 5.92 Å². The third-order valence-electron chi connectivity index (χ3n) is 2.80. The Balaban J connectivity index is 2.77. The number of aliphatic hydroxyl groups excluding tert-OH is 1. The molecule has 0 aliphatic heterocycles. The molecule has 0 fully saturated rings. The molecule has 18 heavy (non-hydrogen) atoms. The molecule has 0 saturated heterocycles. The van der Waals surface area contributed by atoms with E-state index in [0.717, 1.165) is 5.56 Å². The van der Waals surface area contributed by atoms with E-state index in [-0.39, 0.29) is 17.4 Å². The van der Waals surface area contributed by atoms with Crippen molar-refractivity contribution in [3.63, 3.8) is 0 Å². The van der Waals surface area contributed by atoms with Crippen LogP contribution in [0.5, 0.6) is 0 Å². The minimum atomic E-state index is -3.50. The molecule has 0 aliphatic rings. The number of nitrogen functional groups attached to an aromatic ring is 1. The lowest BCUT2D eigenvalue weighted by Crippen LogP contribution is -2.28. The number of aryl methyl sites for hydroxylation is 1. The molecule has 1 unspecified atom stereocenters. The van der Waals surface area contributed by atoms with Gasteiger partial charge in [0.2, 0.25) is 10.0 Å². The third kappa shape index (κ3) is 3.97. The smallest absolute Gasteiger partial charge is 0.240 e.